The molecule has 0 fully saturated rings. The maximum atomic E-state index is 13.4. The number of nitrogens with one attached hydrogen (secondary N) is 1. The lowest BCUT2D eigenvalue weighted by molar-refractivity contribution is 0.172. The van der Waals surface area contributed by atoms with Gasteiger partial charge in [0.15, 0.2) is 0 Å². The minimum absolute atomic E-state index is 0.141. The molecule has 0 spiro atoms. The smallest absolute Gasteiger partial charge is 0.313 e. The van der Waals surface area contributed by atoms with Crippen LogP contribution in [-0.4, -0.2) is 52.6 Å². The molecule has 7 nitrogen and oxygen atoms in total. The molecule has 1 aromatic heterocycles. The Morgan fingerprint density at radius 1 is 1.16 bits per heavy atom. The molecule has 0 saturated heterocycles. The van der Waals surface area contributed by atoms with Crippen LogP contribution < -0.4 is 10.9 Å². The number of hydrogen-bond acceptors (Lipinski definition) is 4. The molecule has 9 heteroatoms. The van der Waals surface area contributed by atoms with Crippen LogP contribution in [0.5, 0.6) is 0 Å². The monoisotopic (exact) mass is 475 g/mol. The van der Waals surface area contributed by atoms with Gasteiger partial charge in [0.05, 0.1) is 27.7 Å². The van der Waals surface area contributed by atoms with Crippen molar-refractivity contribution >= 4 is 45.8 Å². The van der Waals surface area contributed by atoms with Crippen molar-refractivity contribution < 1.29 is 4.79 Å². The third-order valence-electron chi connectivity index (χ3n) is 5.30. The Balaban J connectivity index is 2.03. The maximum absolute atomic E-state index is 13.4. The van der Waals surface area contributed by atoms with Crippen molar-refractivity contribution in [2.24, 2.45) is 7.05 Å². The Bertz CT molecular complexity index is 1180. The number of rotatable bonds is 7. The molecule has 1 atom stereocenters. The van der Waals surface area contributed by atoms with Gasteiger partial charge in [0.1, 0.15) is 5.82 Å². The second-order valence-electron chi connectivity index (χ2n) is 7.83. The number of carbonyl (C=O) groups excluding carboxylic acids is 1. The van der Waals surface area contributed by atoms with Crippen LogP contribution in [-0.2, 0) is 7.05 Å². The van der Waals surface area contributed by atoms with Crippen LogP contribution in [0.25, 0.3) is 10.9 Å². The molecule has 170 valence electrons. The first-order chi connectivity index (χ1) is 15.2. The van der Waals surface area contributed by atoms with Gasteiger partial charge in [0.25, 0.3) is 5.56 Å². The Kier molecular flexibility index (Phi) is 7.77. The fourth-order valence-corrected chi connectivity index (χ4v) is 4.02. The molecule has 1 heterocycles. The van der Waals surface area contributed by atoms with Crippen LogP contribution in [0, 0.1) is 0 Å². The molecule has 0 aliphatic rings. The van der Waals surface area contributed by atoms with E-state index in [4.69, 9.17) is 28.2 Å². The van der Waals surface area contributed by atoms with E-state index in [1.54, 1.807) is 36.2 Å². The SMILES string of the molecule is CCC(c1nc2ccccc2c(=O)n1C)N(CCN(C)C)C(=O)Nc1ccc(Cl)cc1Cl. The van der Waals surface area contributed by atoms with E-state index in [1.807, 2.05) is 44.1 Å². The highest BCUT2D eigenvalue weighted by Crippen LogP contribution is 2.28. The van der Waals surface area contributed by atoms with Crippen molar-refractivity contribution in [3.8, 4) is 0 Å². The summed E-state index contributed by atoms with van der Waals surface area (Å²) in [7, 11) is 5.58. The number of anilines is 1. The molecule has 0 radical (unpaired) electrons. The first-order valence-electron chi connectivity index (χ1n) is 10.4. The van der Waals surface area contributed by atoms with Crippen molar-refractivity contribution in [2.45, 2.75) is 19.4 Å². The summed E-state index contributed by atoms with van der Waals surface area (Å²) in [6.07, 6.45) is 0.577. The third-order valence-corrected chi connectivity index (χ3v) is 5.85. The van der Waals surface area contributed by atoms with Crippen molar-refractivity contribution in [3.63, 3.8) is 0 Å². The van der Waals surface area contributed by atoms with Crippen LogP contribution in [0.15, 0.2) is 47.3 Å². The van der Waals surface area contributed by atoms with Gasteiger partial charge >= 0.3 is 6.03 Å². The van der Waals surface area contributed by atoms with Gasteiger partial charge in [-0.3, -0.25) is 9.36 Å². The van der Waals surface area contributed by atoms with Gasteiger partial charge in [-0.05, 0) is 50.8 Å². The van der Waals surface area contributed by atoms with Crippen LogP contribution in [0.2, 0.25) is 10.0 Å². The zero-order chi connectivity index (χ0) is 23.4. The summed E-state index contributed by atoms with van der Waals surface area (Å²) < 4.78 is 1.53. The number of hydrogen-bond donors (Lipinski definition) is 1. The highest BCUT2D eigenvalue weighted by molar-refractivity contribution is 6.36. The quantitative estimate of drug-likeness (QED) is 0.533. The van der Waals surface area contributed by atoms with Gasteiger partial charge in [-0.25, -0.2) is 9.78 Å². The average Bonchev–Trinajstić information content (AvgIpc) is 2.75. The van der Waals surface area contributed by atoms with E-state index in [2.05, 4.69) is 5.32 Å². The number of halogens is 2. The largest absolute Gasteiger partial charge is 0.322 e. The number of nitrogens with zero attached hydrogens (tertiary/aromatic N) is 4. The fourth-order valence-electron chi connectivity index (χ4n) is 3.56. The minimum atomic E-state index is -0.414. The van der Waals surface area contributed by atoms with E-state index in [-0.39, 0.29) is 11.6 Å². The number of urea groups is 1. The lowest BCUT2D eigenvalue weighted by atomic mass is 10.1. The molecular weight excluding hydrogens is 449 g/mol. The first-order valence-corrected chi connectivity index (χ1v) is 11.1. The van der Waals surface area contributed by atoms with Gasteiger partial charge < -0.3 is 15.1 Å². The zero-order valence-corrected chi connectivity index (χ0v) is 20.1. The summed E-state index contributed by atoms with van der Waals surface area (Å²) in [6, 6.07) is 11.4. The maximum Gasteiger partial charge on any atom is 0.322 e. The van der Waals surface area contributed by atoms with Crippen molar-refractivity contribution in [3.05, 3.63) is 68.7 Å². The predicted octanol–water partition coefficient (Wildman–Crippen LogP) is 4.79. The standard InChI is InChI=1S/C23H27Cl2N5O2/c1-5-20(21-26-18-9-7-6-8-16(18)22(31)29(21)4)30(13-12-28(2)3)23(32)27-19-11-10-15(24)14-17(19)25/h6-11,14,20H,5,12-13H2,1-4H3,(H,27,32). The Labute approximate surface area is 197 Å². The van der Waals surface area contributed by atoms with E-state index in [0.717, 1.165) is 0 Å². The molecule has 3 rings (SSSR count). The van der Waals surface area contributed by atoms with Crippen molar-refractivity contribution in [1.82, 2.24) is 19.4 Å². The van der Waals surface area contributed by atoms with Gasteiger partial charge in [0, 0.05) is 25.2 Å². The zero-order valence-electron chi connectivity index (χ0n) is 18.6. The molecule has 0 saturated carbocycles. The lowest BCUT2D eigenvalue weighted by Crippen LogP contribution is -2.43. The van der Waals surface area contributed by atoms with E-state index in [9.17, 15) is 9.59 Å². The van der Waals surface area contributed by atoms with Crippen molar-refractivity contribution in [2.75, 3.05) is 32.5 Å². The molecule has 3 aromatic rings. The Morgan fingerprint density at radius 2 is 1.88 bits per heavy atom. The number of likely N-dealkylation sites (N-methyl/N-ethyl adjacent to an activating group) is 1. The van der Waals surface area contributed by atoms with Gasteiger partial charge in [0.2, 0.25) is 0 Å². The van der Waals surface area contributed by atoms with Gasteiger partial charge in [-0.15, -0.1) is 0 Å². The van der Waals surface area contributed by atoms with Crippen LogP contribution in [0.1, 0.15) is 25.2 Å². The first kappa shape index (κ1) is 24.0. The normalized spacial score (nSPS) is 12.2. The lowest BCUT2D eigenvalue weighted by Gasteiger charge is -2.32. The Morgan fingerprint density at radius 3 is 2.53 bits per heavy atom. The fraction of sp³-hybridized carbons (Fsp3) is 0.348. The summed E-state index contributed by atoms with van der Waals surface area (Å²) in [5, 5.41) is 4.26. The number of carbonyl (C=O) groups is 1. The molecule has 0 aliphatic carbocycles. The summed E-state index contributed by atoms with van der Waals surface area (Å²) in [5.41, 5.74) is 0.932. The molecule has 32 heavy (non-hydrogen) atoms. The van der Waals surface area contributed by atoms with E-state index < -0.39 is 6.04 Å². The van der Waals surface area contributed by atoms with Crippen LogP contribution in [0.3, 0.4) is 0 Å². The molecule has 1 unspecified atom stereocenters. The molecule has 0 bridgehead atoms. The average molecular weight is 476 g/mol. The number of aromatic nitrogens is 2. The minimum Gasteiger partial charge on any atom is -0.313 e. The van der Waals surface area contributed by atoms with E-state index in [1.165, 1.54) is 4.57 Å². The van der Waals surface area contributed by atoms with Crippen molar-refractivity contribution in [1.29, 1.82) is 0 Å². The number of fused-ring (bicyclic) bond motifs is 1. The highest BCUT2D eigenvalue weighted by atomic mass is 35.5. The van der Waals surface area contributed by atoms with Crippen LogP contribution in [0.4, 0.5) is 10.5 Å². The summed E-state index contributed by atoms with van der Waals surface area (Å²) >= 11 is 12.2. The molecule has 0 aliphatic heterocycles. The van der Waals surface area contributed by atoms with Gasteiger partial charge in [-0.2, -0.15) is 0 Å². The highest BCUT2D eigenvalue weighted by Gasteiger charge is 2.28. The molecule has 2 aromatic carbocycles. The molecule has 1 N–H and O–H groups in total. The number of amides is 2. The second-order valence-corrected chi connectivity index (χ2v) is 8.67. The summed E-state index contributed by atoms with van der Waals surface area (Å²) in [5.74, 6) is 0.535. The third kappa shape index (κ3) is 5.23. The van der Waals surface area contributed by atoms with E-state index >= 15 is 0 Å². The summed E-state index contributed by atoms with van der Waals surface area (Å²) in [4.78, 5) is 34.8. The van der Waals surface area contributed by atoms with Crippen LogP contribution >= 0.6 is 23.2 Å². The second kappa shape index (κ2) is 10.3. The predicted molar refractivity (Wildman–Crippen MR) is 131 cm³/mol. The topological polar surface area (TPSA) is 70.5 Å². The number of benzene rings is 2. The number of para-hydroxylation sites is 1. The van der Waals surface area contributed by atoms with E-state index in [0.29, 0.717) is 52.0 Å². The molecule has 2 amide bonds. The van der Waals surface area contributed by atoms with Gasteiger partial charge in [-0.1, -0.05) is 42.3 Å². The Hall–Kier alpha value is -2.61. The summed E-state index contributed by atoms with van der Waals surface area (Å²) in [6.45, 7) is 3.04. The molecular formula is C23H27Cl2N5O2.